The highest BCUT2D eigenvalue weighted by Crippen LogP contribution is 2.23. The number of aromatic nitrogens is 2. The van der Waals surface area contributed by atoms with Crippen molar-refractivity contribution in [2.24, 2.45) is 0 Å². The van der Waals surface area contributed by atoms with Gasteiger partial charge in [-0.25, -0.2) is 4.39 Å². The summed E-state index contributed by atoms with van der Waals surface area (Å²) in [7, 11) is 0. The number of thiophene rings is 1. The Labute approximate surface area is 185 Å². The maximum absolute atomic E-state index is 13.1. The molecule has 4 aromatic rings. The van der Waals surface area contributed by atoms with E-state index in [9.17, 15) is 9.18 Å². The second-order valence-corrected chi connectivity index (χ2v) is 8.29. The van der Waals surface area contributed by atoms with Gasteiger partial charge in [-0.3, -0.25) is 9.48 Å². The lowest BCUT2D eigenvalue weighted by Crippen LogP contribution is -2.11. The van der Waals surface area contributed by atoms with E-state index in [1.54, 1.807) is 23.0 Å². The fraction of sp³-hybridized carbons (Fsp3) is 0.0909. The van der Waals surface area contributed by atoms with Gasteiger partial charge in [0.25, 0.3) is 5.91 Å². The molecule has 0 aliphatic carbocycles. The van der Waals surface area contributed by atoms with Crippen molar-refractivity contribution < 1.29 is 13.9 Å². The Bertz CT molecular complexity index is 1140. The number of rotatable bonds is 7. The van der Waals surface area contributed by atoms with Gasteiger partial charge in [-0.1, -0.05) is 30.3 Å². The second-order valence-electron chi connectivity index (χ2n) is 6.52. The molecular formula is C22H17BrFN3O2S. The monoisotopic (exact) mass is 485 g/mol. The lowest BCUT2D eigenvalue weighted by Gasteiger charge is -2.03. The molecule has 1 amide bonds. The summed E-state index contributed by atoms with van der Waals surface area (Å²) in [6, 6.07) is 17.6. The van der Waals surface area contributed by atoms with Crippen LogP contribution >= 0.6 is 27.3 Å². The first kappa shape index (κ1) is 20.3. The molecule has 0 unspecified atom stereocenters. The molecule has 0 aliphatic heterocycles. The number of anilines is 1. The Morgan fingerprint density at radius 3 is 2.67 bits per heavy atom. The first-order valence-electron chi connectivity index (χ1n) is 9.11. The van der Waals surface area contributed by atoms with Gasteiger partial charge < -0.3 is 10.1 Å². The van der Waals surface area contributed by atoms with Gasteiger partial charge in [0, 0.05) is 11.8 Å². The molecule has 8 heteroatoms. The third kappa shape index (κ3) is 5.14. The average molecular weight is 486 g/mol. The van der Waals surface area contributed by atoms with Gasteiger partial charge in [0.1, 0.15) is 18.2 Å². The fourth-order valence-electron chi connectivity index (χ4n) is 2.76. The first-order valence-corrected chi connectivity index (χ1v) is 10.8. The van der Waals surface area contributed by atoms with Crippen molar-refractivity contribution in [1.82, 2.24) is 9.78 Å². The van der Waals surface area contributed by atoms with E-state index in [-0.39, 0.29) is 11.7 Å². The van der Waals surface area contributed by atoms with Gasteiger partial charge in [-0.15, -0.1) is 11.3 Å². The quantitative estimate of drug-likeness (QED) is 0.363. The van der Waals surface area contributed by atoms with Crippen molar-refractivity contribution in [2.45, 2.75) is 13.2 Å². The lowest BCUT2D eigenvalue weighted by atomic mass is 10.2. The Hall–Kier alpha value is -2.97. The van der Waals surface area contributed by atoms with Gasteiger partial charge in [0.15, 0.2) is 5.82 Å². The van der Waals surface area contributed by atoms with Crippen LogP contribution in [0.1, 0.15) is 20.8 Å². The van der Waals surface area contributed by atoms with E-state index in [0.717, 1.165) is 16.9 Å². The van der Waals surface area contributed by atoms with Crippen LogP contribution in [0.4, 0.5) is 10.2 Å². The number of carbonyl (C=O) groups excluding carboxylic acids is 1. The normalized spacial score (nSPS) is 10.7. The molecule has 2 heterocycles. The number of carbonyl (C=O) groups is 1. The number of nitrogens with zero attached hydrogens (tertiary/aromatic N) is 2. The van der Waals surface area contributed by atoms with E-state index >= 15 is 0 Å². The van der Waals surface area contributed by atoms with E-state index in [1.165, 1.54) is 23.5 Å². The minimum Gasteiger partial charge on any atom is -0.489 e. The summed E-state index contributed by atoms with van der Waals surface area (Å²) in [5, 5.41) is 9.12. The minimum atomic E-state index is -0.280. The van der Waals surface area contributed by atoms with Crippen LogP contribution in [0.15, 0.2) is 76.7 Å². The molecule has 1 N–H and O–H groups in total. The molecule has 0 aliphatic rings. The van der Waals surface area contributed by atoms with Crippen molar-refractivity contribution >= 4 is 39.0 Å². The minimum absolute atomic E-state index is 0.237. The van der Waals surface area contributed by atoms with Crippen LogP contribution in [0.25, 0.3) is 0 Å². The lowest BCUT2D eigenvalue weighted by molar-refractivity contribution is 0.103. The molecule has 0 bridgehead atoms. The molecule has 0 atom stereocenters. The number of amides is 1. The Kier molecular flexibility index (Phi) is 6.25. The van der Waals surface area contributed by atoms with Gasteiger partial charge in [0.05, 0.1) is 15.9 Å². The van der Waals surface area contributed by atoms with E-state index in [0.29, 0.717) is 28.3 Å². The third-order valence-corrected chi connectivity index (χ3v) is 5.79. The van der Waals surface area contributed by atoms with Crippen LogP contribution in [0.3, 0.4) is 0 Å². The van der Waals surface area contributed by atoms with Gasteiger partial charge in [0.2, 0.25) is 0 Å². The van der Waals surface area contributed by atoms with Crippen LogP contribution in [0, 0.1) is 5.82 Å². The second kappa shape index (κ2) is 9.23. The van der Waals surface area contributed by atoms with Crippen LogP contribution in [-0.4, -0.2) is 15.7 Å². The van der Waals surface area contributed by atoms with E-state index < -0.39 is 0 Å². The molecule has 0 saturated heterocycles. The summed E-state index contributed by atoms with van der Waals surface area (Å²) in [4.78, 5) is 13.2. The Morgan fingerprint density at radius 1 is 1.13 bits per heavy atom. The summed E-state index contributed by atoms with van der Waals surface area (Å²) in [5.41, 5.74) is 1.83. The molecule has 2 aromatic carbocycles. The maximum atomic E-state index is 13.1. The van der Waals surface area contributed by atoms with Crippen LogP contribution < -0.4 is 10.1 Å². The molecule has 0 fully saturated rings. The third-order valence-electron chi connectivity index (χ3n) is 4.23. The van der Waals surface area contributed by atoms with Gasteiger partial charge >= 0.3 is 0 Å². The molecule has 5 nitrogen and oxygen atoms in total. The summed E-state index contributed by atoms with van der Waals surface area (Å²) in [6.45, 7) is 0.860. The number of para-hydroxylation sites is 1. The number of nitrogens with one attached hydrogen (secondary N) is 1. The van der Waals surface area contributed by atoms with Crippen molar-refractivity contribution in [3.8, 4) is 5.75 Å². The number of benzene rings is 2. The van der Waals surface area contributed by atoms with Crippen molar-refractivity contribution in [3.05, 3.63) is 98.5 Å². The average Bonchev–Trinajstić information content (AvgIpc) is 3.36. The molecular weight excluding hydrogens is 469 g/mol. The van der Waals surface area contributed by atoms with E-state index in [2.05, 4.69) is 26.3 Å². The zero-order chi connectivity index (χ0) is 20.9. The molecule has 0 radical (unpaired) electrons. The Morgan fingerprint density at radius 2 is 1.90 bits per heavy atom. The van der Waals surface area contributed by atoms with Gasteiger partial charge in [-0.2, -0.15) is 5.10 Å². The first-order chi connectivity index (χ1) is 14.6. The number of halogens is 2. The predicted octanol–water partition coefficient (Wildman–Crippen LogP) is 5.73. The molecule has 30 heavy (non-hydrogen) atoms. The SMILES string of the molecule is O=C(Nc1nn(Cc2ccc(F)cc2)cc1Br)c1cc(COc2ccccc2)cs1. The largest absolute Gasteiger partial charge is 0.489 e. The summed E-state index contributed by atoms with van der Waals surface area (Å²) < 4.78 is 21.1. The van der Waals surface area contributed by atoms with Crippen molar-refractivity contribution in [1.29, 1.82) is 0 Å². The Balaban J connectivity index is 1.37. The summed E-state index contributed by atoms with van der Waals surface area (Å²) >= 11 is 4.78. The van der Waals surface area contributed by atoms with E-state index in [1.807, 2.05) is 41.8 Å². The number of hydrogen-bond acceptors (Lipinski definition) is 4. The van der Waals surface area contributed by atoms with Crippen molar-refractivity contribution in [3.63, 3.8) is 0 Å². The smallest absolute Gasteiger partial charge is 0.266 e. The molecule has 4 rings (SSSR count). The fourth-order valence-corrected chi connectivity index (χ4v) is 3.97. The molecule has 0 spiro atoms. The molecule has 152 valence electrons. The topological polar surface area (TPSA) is 56.2 Å². The van der Waals surface area contributed by atoms with E-state index in [4.69, 9.17) is 4.74 Å². The summed E-state index contributed by atoms with van der Waals surface area (Å²) in [6.07, 6.45) is 1.77. The summed E-state index contributed by atoms with van der Waals surface area (Å²) in [5.74, 6) is 0.694. The molecule has 0 saturated carbocycles. The molecule has 2 aromatic heterocycles. The van der Waals surface area contributed by atoms with Crippen LogP contribution in [0.5, 0.6) is 5.75 Å². The predicted molar refractivity (Wildman–Crippen MR) is 118 cm³/mol. The maximum Gasteiger partial charge on any atom is 0.266 e. The highest BCUT2D eigenvalue weighted by atomic mass is 79.9. The van der Waals surface area contributed by atoms with Crippen LogP contribution in [-0.2, 0) is 13.2 Å². The van der Waals surface area contributed by atoms with Crippen molar-refractivity contribution in [2.75, 3.05) is 5.32 Å². The number of ether oxygens (including phenoxy) is 1. The standard InChI is InChI=1S/C22H17BrFN3O2S/c23-19-12-27(11-15-6-8-17(24)9-7-15)26-21(19)25-22(28)20-10-16(14-30-20)13-29-18-4-2-1-3-5-18/h1-10,12,14H,11,13H2,(H,25,26,28). The number of hydrogen-bond donors (Lipinski definition) is 1. The van der Waals surface area contributed by atoms with Gasteiger partial charge in [-0.05, 0) is 57.2 Å². The highest BCUT2D eigenvalue weighted by molar-refractivity contribution is 9.10. The highest BCUT2D eigenvalue weighted by Gasteiger charge is 2.14. The zero-order valence-corrected chi connectivity index (χ0v) is 18.1. The zero-order valence-electron chi connectivity index (χ0n) is 15.7. The van der Waals surface area contributed by atoms with Crippen LogP contribution in [0.2, 0.25) is 0 Å².